The molecule has 142 valence electrons. The fraction of sp³-hybridized carbons (Fsp3) is 0.500. The molecule has 4 atom stereocenters. The van der Waals surface area contributed by atoms with Crippen LogP contribution in [-0.2, 0) is 11.1 Å². The van der Waals surface area contributed by atoms with Crippen molar-refractivity contribution in [2.45, 2.75) is 37.1 Å². The van der Waals surface area contributed by atoms with E-state index in [-0.39, 0.29) is 18.8 Å². The minimum atomic E-state index is -5.39. The van der Waals surface area contributed by atoms with E-state index < -0.39 is 20.0 Å². The first-order valence-corrected chi connectivity index (χ1v) is 9.64. The lowest BCUT2D eigenvalue weighted by Crippen LogP contribution is -2.49. The fourth-order valence-electron chi connectivity index (χ4n) is 4.35. The largest absolute Gasteiger partial charge is 0.822 e. The van der Waals surface area contributed by atoms with Gasteiger partial charge in [0.1, 0.15) is 0 Å². The summed E-state index contributed by atoms with van der Waals surface area (Å²) in [5.74, 6) is 1.45. The van der Waals surface area contributed by atoms with Crippen molar-refractivity contribution in [2.75, 3.05) is 13.3 Å². The van der Waals surface area contributed by atoms with Crippen molar-refractivity contribution in [3.63, 3.8) is 0 Å². The number of ether oxygens (including phenoxy) is 2. The van der Waals surface area contributed by atoms with Crippen LogP contribution in [0.4, 0.5) is 0 Å². The first-order valence-electron chi connectivity index (χ1n) is 8.18. The minimum Gasteiger partial charge on any atom is -0.822 e. The number of aliphatic hydroxyl groups is 2. The van der Waals surface area contributed by atoms with Gasteiger partial charge >= 0.3 is 0 Å². The highest BCUT2D eigenvalue weighted by Crippen LogP contribution is 2.49. The van der Waals surface area contributed by atoms with Gasteiger partial charge in [0, 0.05) is 25.0 Å². The average Bonchev–Trinajstić information content (AvgIpc) is 3.14. The third kappa shape index (κ3) is 3.16. The molecule has 1 saturated heterocycles. The molecule has 4 aliphatic rings. The van der Waals surface area contributed by atoms with Gasteiger partial charge in [-0.3, -0.25) is 4.90 Å². The molecule has 1 aromatic carbocycles. The summed E-state index contributed by atoms with van der Waals surface area (Å²) in [5, 5.41) is 20.7. The molecule has 3 aliphatic heterocycles. The highest BCUT2D eigenvalue weighted by Gasteiger charge is 2.48. The van der Waals surface area contributed by atoms with Crippen LogP contribution in [0.2, 0.25) is 0 Å². The van der Waals surface area contributed by atoms with Gasteiger partial charge in [-0.2, -0.15) is 7.82 Å². The standard InChI is InChI=1S/C16H17NO4.H3O4P/c18-11-3-8-1-2-17-6-9-4-12-13(21-7-20-12)5-10(9)14(15(8)17)16(11)19;1-5(2,3)4/h3-5,11,14-16,18-19H,1-2,6-7H2;(H3,1,2,3,4)/p-3/t11-,14-,15+,16+;/m0./s1. The summed E-state index contributed by atoms with van der Waals surface area (Å²) >= 11 is 0. The van der Waals surface area contributed by atoms with Gasteiger partial charge in [0.25, 0.3) is 0 Å². The first-order chi connectivity index (χ1) is 12.2. The van der Waals surface area contributed by atoms with E-state index in [0.29, 0.717) is 0 Å². The maximum Gasteiger partial charge on any atom is 0.231 e. The highest BCUT2D eigenvalue weighted by atomic mass is 31.2. The van der Waals surface area contributed by atoms with Crippen LogP contribution in [-0.4, -0.2) is 46.7 Å². The van der Waals surface area contributed by atoms with E-state index >= 15 is 0 Å². The minimum absolute atomic E-state index is 0.0826. The Morgan fingerprint density at radius 1 is 1.15 bits per heavy atom. The lowest BCUT2D eigenvalue weighted by molar-refractivity contribution is -0.432. The van der Waals surface area contributed by atoms with Gasteiger partial charge < -0.3 is 38.9 Å². The maximum absolute atomic E-state index is 10.5. The quantitative estimate of drug-likeness (QED) is 0.381. The zero-order valence-corrected chi connectivity index (χ0v) is 14.5. The number of hydrogen-bond acceptors (Lipinski definition) is 9. The van der Waals surface area contributed by atoms with E-state index in [1.165, 1.54) is 11.1 Å². The molecule has 1 fully saturated rings. The third-order valence-electron chi connectivity index (χ3n) is 5.27. The van der Waals surface area contributed by atoms with E-state index in [2.05, 4.69) is 4.90 Å². The Bertz CT molecular complexity index is 797. The SMILES string of the molecule is O=P([O-])([O-])[O-].O[C@H]1[C@H]2c3cc4c(cc3CN3CCC(=C[C@@H]1O)[C@H]23)OCO4. The number of benzene rings is 1. The number of fused-ring (bicyclic) bond motifs is 3. The lowest BCUT2D eigenvalue weighted by atomic mass is 9.73. The Hall–Kier alpha value is -1.45. The zero-order valence-electron chi connectivity index (χ0n) is 13.6. The molecule has 0 saturated carbocycles. The average molecular weight is 382 g/mol. The molecule has 1 aliphatic carbocycles. The molecule has 0 spiro atoms. The summed E-state index contributed by atoms with van der Waals surface area (Å²) in [5.41, 5.74) is 3.54. The van der Waals surface area contributed by atoms with E-state index in [4.69, 9.17) is 28.7 Å². The molecule has 3 heterocycles. The Labute approximate surface area is 149 Å². The molecule has 5 rings (SSSR count). The summed E-state index contributed by atoms with van der Waals surface area (Å²) < 4.78 is 19.5. The van der Waals surface area contributed by atoms with Crippen molar-refractivity contribution >= 4 is 7.82 Å². The van der Waals surface area contributed by atoms with Crippen molar-refractivity contribution in [1.82, 2.24) is 4.90 Å². The predicted octanol–water partition coefficient (Wildman–Crippen LogP) is -2.08. The molecule has 0 amide bonds. The second-order valence-electron chi connectivity index (χ2n) is 6.77. The van der Waals surface area contributed by atoms with Crippen molar-refractivity contribution in [3.8, 4) is 11.5 Å². The van der Waals surface area contributed by atoms with Crippen LogP contribution in [0, 0.1) is 0 Å². The summed E-state index contributed by atoms with van der Waals surface area (Å²) in [7, 11) is -5.39. The molecule has 9 nitrogen and oxygen atoms in total. The van der Waals surface area contributed by atoms with E-state index in [0.717, 1.165) is 36.6 Å². The van der Waals surface area contributed by atoms with Gasteiger partial charge in [-0.1, -0.05) is 11.6 Å². The van der Waals surface area contributed by atoms with Crippen LogP contribution in [0.15, 0.2) is 23.8 Å². The Morgan fingerprint density at radius 2 is 1.81 bits per heavy atom. The normalized spacial score (nSPS) is 31.5. The monoisotopic (exact) mass is 382 g/mol. The molecule has 0 bridgehead atoms. The Balaban J connectivity index is 0.000000301. The van der Waals surface area contributed by atoms with Gasteiger partial charge in [0.2, 0.25) is 6.79 Å². The molecular weight excluding hydrogens is 365 g/mol. The third-order valence-corrected chi connectivity index (χ3v) is 5.27. The number of hydrogen-bond donors (Lipinski definition) is 2. The van der Waals surface area contributed by atoms with Crippen molar-refractivity contribution in [1.29, 1.82) is 0 Å². The summed E-state index contributed by atoms with van der Waals surface area (Å²) in [6, 6.07) is 4.25. The number of aliphatic hydroxyl groups excluding tert-OH is 2. The van der Waals surface area contributed by atoms with E-state index in [1.807, 2.05) is 18.2 Å². The number of phosphoric acid groups is 1. The van der Waals surface area contributed by atoms with E-state index in [9.17, 15) is 10.2 Å². The molecule has 10 heteroatoms. The van der Waals surface area contributed by atoms with Crippen molar-refractivity contribution in [2.24, 2.45) is 0 Å². The summed E-state index contributed by atoms with van der Waals surface area (Å²) in [6.07, 6.45) is 1.28. The molecule has 1 aromatic rings. The molecule has 0 unspecified atom stereocenters. The second-order valence-corrected chi connectivity index (χ2v) is 7.66. The van der Waals surface area contributed by atoms with Gasteiger partial charge in [0.15, 0.2) is 11.5 Å². The maximum atomic E-state index is 10.5. The Kier molecular flexibility index (Phi) is 4.36. The van der Waals surface area contributed by atoms with Crippen LogP contribution >= 0.6 is 7.82 Å². The van der Waals surface area contributed by atoms with E-state index in [1.54, 1.807) is 0 Å². The van der Waals surface area contributed by atoms with Crippen molar-refractivity contribution in [3.05, 3.63) is 34.9 Å². The van der Waals surface area contributed by atoms with Gasteiger partial charge in [-0.05, 0) is 29.7 Å². The molecule has 0 radical (unpaired) electrons. The molecule has 0 aromatic heterocycles. The summed E-state index contributed by atoms with van der Waals surface area (Å²) in [4.78, 5) is 28.0. The lowest BCUT2D eigenvalue weighted by Gasteiger charge is -2.44. The van der Waals surface area contributed by atoms with Crippen LogP contribution in [0.3, 0.4) is 0 Å². The van der Waals surface area contributed by atoms with Crippen LogP contribution in [0.1, 0.15) is 23.5 Å². The predicted molar refractivity (Wildman–Crippen MR) is 81.8 cm³/mol. The molecule has 26 heavy (non-hydrogen) atoms. The van der Waals surface area contributed by atoms with Crippen LogP contribution < -0.4 is 24.2 Å². The number of rotatable bonds is 0. The summed E-state index contributed by atoms with van der Waals surface area (Å²) in [6.45, 7) is 2.11. The zero-order chi connectivity index (χ0) is 18.6. The highest BCUT2D eigenvalue weighted by molar-refractivity contribution is 7.40. The van der Waals surface area contributed by atoms with Crippen LogP contribution in [0.25, 0.3) is 0 Å². The van der Waals surface area contributed by atoms with Gasteiger partial charge in [-0.25, -0.2) is 0 Å². The second kappa shape index (κ2) is 6.31. The topological polar surface area (TPSA) is 148 Å². The van der Waals surface area contributed by atoms with Crippen molar-refractivity contribution < 1.29 is 38.9 Å². The number of nitrogens with zero attached hydrogens (tertiary/aromatic N) is 1. The fourth-order valence-corrected chi connectivity index (χ4v) is 4.35. The molecular formula is C16H17NO8P-3. The van der Waals surface area contributed by atoms with Crippen LogP contribution in [0.5, 0.6) is 11.5 Å². The molecule has 2 N–H and O–H groups in total. The van der Waals surface area contributed by atoms with Gasteiger partial charge in [0.05, 0.1) is 12.2 Å². The first kappa shape index (κ1) is 17.9. The Morgan fingerprint density at radius 3 is 2.50 bits per heavy atom. The van der Waals surface area contributed by atoms with Gasteiger partial charge in [-0.15, -0.1) is 0 Å². The smallest absolute Gasteiger partial charge is 0.231 e.